The Labute approximate surface area is 153 Å². The van der Waals surface area contributed by atoms with Crippen LogP contribution in [0, 0.1) is 12.7 Å². The molecule has 1 fully saturated rings. The van der Waals surface area contributed by atoms with Crippen molar-refractivity contribution in [1.82, 2.24) is 15.3 Å². The first kappa shape index (κ1) is 18.3. The van der Waals surface area contributed by atoms with Crippen molar-refractivity contribution in [2.45, 2.75) is 57.6 Å². The molecule has 1 aliphatic carbocycles. The van der Waals surface area contributed by atoms with Crippen molar-refractivity contribution < 1.29 is 13.9 Å². The Bertz CT molecular complexity index is 728. The number of carbonyl (C=O) groups excluding carboxylic acids is 1. The molecule has 0 saturated heterocycles. The monoisotopic (exact) mass is 357 g/mol. The van der Waals surface area contributed by atoms with Gasteiger partial charge >= 0.3 is 6.01 Å². The minimum absolute atomic E-state index is 0.0147. The van der Waals surface area contributed by atoms with Crippen LogP contribution in [0.5, 0.6) is 6.01 Å². The van der Waals surface area contributed by atoms with E-state index in [-0.39, 0.29) is 24.1 Å². The van der Waals surface area contributed by atoms with Crippen molar-refractivity contribution in [2.75, 3.05) is 0 Å². The molecule has 0 spiro atoms. The molecule has 1 saturated carbocycles. The van der Waals surface area contributed by atoms with E-state index in [2.05, 4.69) is 40.4 Å². The number of aryl methyl sites for hydroxylation is 2. The van der Waals surface area contributed by atoms with Crippen LogP contribution < -0.4 is 10.1 Å². The number of ether oxygens (including phenoxy) is 1. The maximum atomic E-state index is 12.8. The molecular weight excluding hydrogens is 333 g/mol. The van der Waals surface area contributed by atoms with Crippen molar-refractivity contribution in [2.24, 2.45) is 0 Å². The summed E-state index contributed by atoms with van der Waals surface area (Å²) in [5.41, 5.74) is 2.41. The van der Waals surface area contributed by atoms with Crippen LogP contribution in [0.1, 0.15) is 43.2 Å². The average Bonchev–Trinajstić information content (AvgIpc) is 2.64. The van der Waals surface area contributed by atoms with Gasteiger partial charge in [-0.15, -0.1) is 0 Å². The van der Waals surface area contributed by atoms with Gasteiger partial charge in [-0.1, -0.05) is 29.8 Å². The van der Waals surface area contributed by atoms with Crippen molar-refractivity contribution in [1.29, 1.82) is 0 Å². The average molecular weight is 357 g/mol. The lowest BCUT2D eigenvalue weighted by Gasteiger charge is -2.28. The van der Waals surface area contributed by atoms with Crippen molar-refractivity contribution in [3.05, 3.63) is 53.6 Å². The molecule has 0 aliphatic heterocycles. The zero-order chi connectivity index (χ0) is 18.4. The molecule has 1 amide bonds. The van der Waals surface area contributed by atoms with E-state index < -0.39 is 5.82 Å². The zero-order valence-electron chi connectivity index (χ0n) is 15.0. The molecule has 1 aliphatic rings. The fourth-order valence-corrected chi connectivity index (χ4v) is 3.26. The molecular formula is C20H24FN3O2. The van der Waals surface area contributed by atoms with Crippen molar-refractivity contribution >= 4 is 5.91 Å². The van der Waals surface area contributed by atoms with Crippen LogP contribution in [0.2, 0.25) is 0 Å². The second-order valence-corrected chi connectivity index (χ2v) is 6.83. The smallest absolute Gasteiger partial charge is 0.316 e. The standard InChI is InChI=1S/C20H24FN3O2/c1-14-3-2-4-15(11-14)5-10-19(25)24-17-6-8-18(9-7-17)26-20-22-12-16(21)13-23-20/h2-4,11-13,17-18H,5-10H2,1H3,(H,24,25). The van der Waals surface area contributed by atoms with Gasteiger partial charge in [0.25, 0.3) is 0 Å². The third kappa shape index (κ3) is 5.51. The molecule has 6 heteroatoms. The highest BCUT2D eigenvalue weighted by molar-refractivity contribution is 5.76. The van der Waals surface area contributed by atoms with E-state index in [1.807, 2.05) is 6.07 Å². The van der Waals surface area contributed by atoms with Gasteiger partial charge in [-0.3, -0.25) is 4.79 Å². The Hall–Kier alpha value is -2.50. The molecule has 1 heterocycles. The Morgan fingerprint density at radius 1 is 1.23 bits per heavy atom. The highest BCUT2D eigenvalue weighted by Gasteiger charge is 2.24. The number of carbonyl (C=O) groups is 1. The Balaban J connectivity index is 1.38. The second kappa shape index (κ2) is 8.74. The predicted molar refractivity (Wildman–Crippen MR) is 96.3 cm³/mol. The fourth-order valence-electron chi connectivity index (χ4n) is 3.26. The third-order valence-electron chi connectivity index (χ3n) is 4.63. The number of halogens is 1. The van der Waals surface area contributed by atoms with E-state index in [1.54, 1.807) is 0 Å². The van der Waals surface area contributed by atoms with Gasteiger partial charge < -0.3 is 10.1 Å². The first-order valence-electron chi connectivity index (χ1n) is 9.07. The molecule has 1 aromatic carbocycles. The summed E-state index contributed by atoms with van der Waals surface area (Å²) in [6.07, 6.45) is 6.85. The highest BCUT2D eigenvalue weighted by atomic mass is 19.1. The number of nitrogens with zero attached hydrogens (tertiary/aromatic N) is 2. The van der Waals surface area contributed by atoms with E-state index in [4.69, 9.17) is 4.74 Å². The van der Waals surface area contributed by atoms with Gasteiger partial charge in [0.15, 0.2) is 5.82 Å². The lowest BCUT2D eigenvalue weighted by Crippen LogP contribution is -2.39. The number of hydrogen-bond donors (Lipinski definition) is 1. The van der Waals surface area contributed by atoms with Crippen LogP contribution in [-0.2, 0) is 11.2 Å². The van der Waals surface area contributed by atoms with Crippen molar-refractivity contribution in [3.8, 4) is 6.01 Å². The van der Waals surface area contributed by atoms with Crippen LogP contribution in [0.25, 0.3) is 0 Å². The summed E-state index contributed by atoms with van der Waals surface area (Å²) < 4.78 is 18.5. The molecule has 0 bridgehead atoms. The number of rotatable bonds is 6. The number of hydrogen-bond acceptors (Lipinski definition) is 4. The Kier molecular flexibility index (Phi) is 6.15. The summed E-state index contributed by atoms with van der Waals surface area (Å²) in [6, 6.07) is 8.65. The predicted octanol–water partition coefficient (Wildman–Crippen LogP) is 3.36. The van der Waals surface area contributed by atoms with E-state index >= 15 is 0 Å². The second-order valence-electron chi connectivity index (χ2n) is 6.83. The fraction of sp³-hybridized carbons (Fsp3) is 0.450. The van der Waals surface area contributed by atoms with Gasteiger partial charge in [0, 0.05) is 12.5 Å². The molecule has 0 unspecified atom stereocenters. The van der Waals surface area contributed by atoms with Gasteiger partial charge in [-0.2, -0.15) is 0 Å². The van der Waals surface area contributed by atoms with E-state index in [9.17, 15) is 9.18 Å². The number of aromatic nitrogens is 2. The topological polar surface area (TPSA) is 64.1 Å². The summed E-state index contributed by atoms with van der Waals surface area (Å²) in [7, 11) is 0. The van der Waals surface area contributed by atoms with Gasteiger partial charge in [0.2, 0.25) is 5.91 Å². The maximum absolute atomic E-state index is 12.8. The van der Waals surface area contributed by atoms with Crippen LogP contribution in [0.3, 0.4) is 0 Å². The minimum Gasteiger partial charge on any atom is -0.460 e. The number of amides is 1. The minimum atomic E-state index is -0.477. The largest absolute Gasteiger partial charge is 0.460 e. The third-order valence-corrected chi connectivity index (χ3v) is 4.63. The maximum Gasteiger partial charge on any atom is 0.316 e. The summed E-state index contributed by atoms with van der Waals surface area (Å²) in [4.78, 5) is 19.8. The molecule has 3 rings (SSSR count). The highest BCUT2D eigenvalue weighted by Crippen LogP contribution is 2.22. The first-order valence-corrected chi connectivity index (χ1v) is 9.07. The Morgan fingerprint density at radius 3 is 2.65 bits per heavy atom. The summed E-state index contributed by atoms with van der Waals surface area (Å²) in [6.45, 7) is 2.06. The van der Waals surface area contributed by atoms with Crippen LogP contribution >= 0.6 is 0 Å². The molecule has 5 nitrogen and oxygen atoms in total. The quantitative estimate of drug-likeness (QED) is 0.861. The lowest BCUT2D eigenvalue weighted by atomic mass is 9.93. The van der Waals surface area contributed by atoms with Gasteiger partial charge in [0.1, 0.15) is 6.10 Å². The van der Waals surface area contributed by atoms with E-state index in [0.29, 0.717) is 6.42 Å². The van der Waals surface area contributed by atoms with Crippen LogP contribution in [0.4, 0.5) is 4.39 Å². The van der Waals surface area contributed by atoms with Gasteiger partial charge in [-0.05, 0) is 44.6 Å². The van der Waals surface area contributed by atoms with Crippen molar-refractivity contribution in [3.63, 3.8) is 0 Å². The van der Waals surface area contributed by atoms with E-state index in [0.717, 1.165) is 44.5 Å². The molecule has 0 atom stereocenters. The SMILES string of the molecule is Cc1cccc(CCC(=O)NC2CCC(Oc3ncc(F)cn3)CC2)c1. The molecule has 1 aromatic heterocycles. The molecule has 138 valence electrons. The Morgan fingerprint density at radius 2 is 1.96 bits per heavy atom. The summed E-state index contributed by atoms with van der Waals surface area (Å²) >= 11 is 0. The van der Waals surface area contributed by atoms with E-state index in [1.165, 1.54) is 11.1 Å². The molecule has 0 radical (unpaired) electrons. The van der Waals surface area contributed by atoms with Gasteiger partial charge in [0.05, 0.1) is 12.4 Å². The van der Waals surface area contributed by atoms with Gasteiger partial charge in [-0.25, -0.2) is 14.4 Å². The van der Waals surface area contributed by atoms with Crippen LogP contribution in [0.15, 0.2) is 36.7 Å². The number of nitrogens with one attached hydrogen (secondary N) is 1. The molecule has 2 aromatic rings. The summed E-state index contributed by atoms with van der Waals surface area (Å²) in [5.74, 6) is -0.382. The normalized spacial score (nSPS) is 19.8. The number of benzene rings is 1. The zero-order valence-corrected chi connectivity index (χ0v) is 15.0. The first-order chi connectivity index (χ1) is 12.6. The lowest BCUT2D eigenvalue weighted by molar-refractivity contribution is -0.122. The molecule has 1 N–H and O–H groups in total. The summed E-state index contributed by atoms with van der Waals surface area (Å²) in [5, 5.41) is 3.12. The molecule has 26 heavy (non-hydrogen) atoms. The van der Waals surface area contributed by atoms with Crippen LogP contribution in [-0.4, -0.2) is 28.0 Å².